The van der Waals surface area contributed by atoms with Crippen molar-refractivity contribution in [3.05, 3.63) is 106 Å². The molecule has 6 heteroatoms. The van der Waals surface area contributed by atoms with E-state index in [0.29, 0.717) is 23.3 Å². The van der Waals surface area contributed by atoms with Crippen LogP contribution in [0.4, 0.5) is 15.8 Å². The lowest BCUT2D eigenvalue weighted by atomic mass is 9.98. The molecule has 1 aromatic heterocycles. The van der Waals surface area contributed by atoms with Gasteiger partial charge < -0.3 is 9.32 Å². The molecule has 5 nitrogen and oxygen atoms in total. The summed E-state index contributed by atoms with van der Waals surface area (Å²) in [4.78, 5) is 15.2. The number of fused-ring (bicyclic) bond motifs is 1. The molecule has 0 fully saturated rings. The van der Waals surface area contributed by atoms with Crippen LogP contribution >= 0.6 is 0 Å². The van der Waals surface area contributed by atoms with Crippen LogP contribution in [0.2, 0.25) is 0 Å². The first kappa shape index (κ1) is 21.9. The molecule has 1 aliphatic heterocycles. The molecule has 1 atom stereocenters. The van der Waals surface area contributed by atoms with Gasteiger partial charge in [-0.3, -0.25) is 5.01 Å². The Balaban J connectivity index is 1.56. The second-order valence-electron chi connectivity index (χ2n) is 8.34. The topological polar surface area (TPSA) is 49.0 Å². The molecule has 172 valence electrons. The van der Waals surface area contributed by atoms with Crippen molar-refractivity contribution < 1.29 is 8.81 Å². The number of nitrogens with zero attached hydrogens (tertiary/aromatic N) is 3. The van der Waals surface area contributed by atoms with E-state index in [0.717, 1.165) is 35.4 Å². The number of rotatable bonds is 6. The van der Waals surface area contributed by atoms with Gasteiger partial charge in [-0.1, -0.05) is 30.3 Å². The van der Waals surface area contributed by atoms with Crippen LogP contribution in [0.25, 0.3) is 11.0 Å². The largest absolute Gasteiger partial charge is 0.422 e. The zero-order valence-corrected chi connectivity index (χ0v) is 19.2. The Morgan fingerprint density at radius 1 is 1.00 bits per heavy atom. The van der Waals surface area contributed by atoms with Crippen LogP contribution in [-0.2, 0) is 0 Å². The molecule has 0 bridgehead atoms. The second-order valence-corrected chi connectivity index (χ2v) is 8.34. The van der Waals surface area contributed by atoms with Crippen molar-refractivity contribution in [1.82, 2.24) is 0 Å². The summed E-state index contributed by atoms with van der Waals surface area (Å²) in [6.45, 7) is 5.95. The monoisotopic (exact) mass is 455 g/mol. The van der Waals surface area contributed by atoms with Gasteiger partial charge in [0, 0.05) is 36.7 Å². The molecule has 1 unspecified atom stereocenters. The fourth-order valence-corrected chi connectivity index (χ4v) is 4.52. The average molecular weight is 456 g/mol. The molecule has 3 aromatic carbocycles. The first-order valence-corrected chi connectivity index (χ1v) is 11.6. The summed E-state index contributed by atoms with van der Waals surface area (Å²) in [7, 11) is 0. The predicted molar refractivity (Wildman–Crippen MR) is 135 cm³/mol. The number of halogens is 1. The van der Waals surface area contributed by atoms with Crippen molar-refractivity contribution >= 4 is 28.1 Å². The van der Waals surface area contributed by atoms with E-state index in [1.807, 2.05) is 59.6 Å². The molecular formula is C28H26FN3O2. The van der Waals surface area contributed by atoms with Crippen LogP contribution in [0.1, 0.15) is 37.4 Å². The molecule has 0 saturated carbocycles. The number of hydrogen-bond donors (Lipinski definition) is 0. The number of hydrogen-bond acceptors (Lipinski definition) is 5. The van der Waals surface area contributed by atoms with Crippen LogP contribution in [0, 0.1) is 5.82 Å². The van der Waals surface area contributed by atoms with Crippen molar-refractivity contribution in [2.24, 2.45) is 5.10 Å². The third kappa shape index (κ3) is 4.07. The maximum Gasteiger partial charge on any atom is 0.345 e. The molecule has 0 spiro atoms. The van der Waals surface area contributed by atoms with E-state index in [1.54, 1.807) is 12.1 Å². The number of para-hydroxylation sites is 1. The lowest BCUT2D eigenvalue weighted by Crippen LogP contribution is -2.21. The normalized spacial score (nSPS) is 15.6. The molecule has 0 amide bonds. The fourth-order valence-electron chi connectivity index (χ4n) is 4.52. The lowest BCUT2D eigenvalue weighted by Gasteiger charge is -2.23. The Labute approximate surface area is 197 Å². The molecule has 5 rings (SSSR count). The van der Waals surface area contributed by atoms with Crippen LogP contribution in [0.3, 0.4) is 0 Å². The van der Waals surface area contributed by atoms with Gasteiger partial charge in [0.25, 0.3) is 0 Å². The van der Waals surface area contributed by atoms with Gasteiger partial charge in [0.1, 0.15) is 11.4 Å². The van der Waals surface area contributed by atoms with E-state index in [4.69, 9.17) is 9.52 Å². The minimum atomic E-state index is -0.407. The van der Waals surface area contributed by atoms with Gasteiger partial charge in [-0.05, 0) is 61.9 Å². The van der Waals surface area contributed by atoms with E-state index < -0.39 is 5.63 Å². The van der Waals surface area contributed by atoms with Crippen molar-refractivity contribution in [3.63, 3.8) is 0 Å². The zero-order chi connectivity index (χ0) is 23.7. The Bertz CT molecular complexity index is 1390. The molecule has 34 heavy (non-hydrogen) atoms. The lowest BCUT2D eigenvalue weighted by molar-refractivity contribution is 0.559. The van der Waals surface area contributed by atoms with E-state index in [1.165, 1.54) is 12.1 Å². The predicted octanol–water partition coefficient (Wildman–Crippen LogP) is 6.13. The number of benzene rings is 3. The van der Waals surface area contributed by atoms with Gasteiger partial charge >= 0.3 is 5.63 Å². The highest BCUT2D eigenvalue weighted by Gasteiger charge is 2.31. The standard InChI is InChI=1S/C28H26FN3O2/c1-3-31(4-2)23-15-12-20-16-24(28(33)34-27(20)17-23)25-18-26(19-10-13-21(29)14-11-19)32(30-25)22-8-6-5-7-9-22/h5-17,26H,3-4,18H2,1-2H3. The van der Waals surface area contributed by atoms with Crippen molar-refractivity contribution in [3.8, 4) is 0 Å². The van der Waals surface area contributed by atoms with E-state index in [9.17, 15) is 9.18 Å². The average Bonchev–Trinajstić information content (AvgIpc) is 3.30. The van der Waals surface area contributed by atoms with E-state index in [-0.39, 0.29) is 11.9 Å². The molecule has 0 radical (unpaired) electrons. The minimum Gasteiger partial charge on any atom is -0.422 e. The summed E-state index contributed by atoms with van der Waals surface area (Å²) in [6, 6.07) is 23.9. The van der Waals surface area contributed by atoms with Crippen LogP contribution in [0.5, 0.6) is 0 Å². The second kappa shape index (κ2) is 9.14. The van der Waals surface area contributed by atoms with E-state index in [2.05, 4.69) is 18.7 Å². The molecule has 4 aromatic rings. The molecule has 0 aliphatic carbocycles. The molecule has 1 aliphatic rings. The molecule has 0 saturated heterocycles. The van der Waals surface area contributed by atoms with Gasteiger partial charge in [0.2, 0.25) is 0 Å². The highest BCUT2D eigenvalue weighted by molar-refractivity contribution is 6.04. The fraction of sp³-hybridized carbons (Fsp3) is 0.214. The van der Waals surface area contributed by atoms with Crippen molar-refractivity contribution in [2.45, 2.75) is 26.3 Å². The van der Waals surface area contributed by atoms with Crippen LogP contribution < -0.4 is 15.5 Å². The Hall–Kier alpha value is -3.93. The van der Waals surface area contributed by atoms with Crippen molar-refractivity contribution in [1.29, 1.82) is 0 Å². The Morgan fingerprint density at radius 3 is 2.44 bits per heavy atom. The summed E-state index contributed by atoms with van der Waals surface area (Å²) in [5.41, 5.74) is 4.12. The van der Waals surface area contributed by atoms with Gasteiger partial charge in [0.15, 0.2) is 0 Å². The van der Waals surface area contributed by atoms with Gasteiger partial charge in [-0.15, -0.1) is 0 Å². The van der Waals surface area contributed by atoms with Gasteiger partial charge in [-0.25, -0.2) is 9.18 Å². The highest BCUT2D eigenvalue weighted by Crippen LogP contribution is 2.36. The molecule has 0 N–H and O–H groups in total. The van der Waals surface area contributed by atoms with E-state index >= 15 is 0 Å². The van der Waals surface area contributed by atoms with Crippen molar-refractivity contribution in [2.75, 3.05) is 23.0 Å². The van der Waals surface area contributed by atoms with Gasteiger partial charge in [-0.2, -0.15) is 5.10 Å². The summed E-state index contributed by atoms with van der Waals surface area (Å²) in [5, 5.41) is 7.59. The zero-order valence-electron chi connectivity index (χ0n) is 19.2. The highest BCUT2D eigenvalue weighted by atomic mass is 19.1. The third-order valence-electron chi connectivity index (χ3n) is 6.34. The smallest absolute Gasteiger partial charge is 0.345 e. The summed E-state index contributed by atoms with van der Waals surface area (Å²) in [6.07, 6.45) is 0.508. The minimum absolute atomic E-state index is 0.155. The quantitative estimate of drug-likeness (QED) is 0.328. The summed E-state index contributed by atoms with van der Waals surface area (Å²) in [5.74, 6) is -0.284. The first-order chi connectivity index (χ1) is 16.6. The number of anilines is 2. The SMILES string of the molecule is CCN(CC)c1ccc2cc(C3=NN(c4ccccc4)C(c4ccc(F)cc4)C3)c(=O)oc2c1. The first-order valence-electron chi connectivity index (χ1n) is 11.6. The Kier molecular flexibility index (Phi) is 5.88. The number of hydrazone groups is 1. The Morgan fingerprint density at radius 2 is 1.74 bits per heavy atom. The molecule has 2 heterocycles. The van der Waals surface area contributed by atoms with Crippen LogP contribution in [-0.4, -0.2) is 18.8 Å². The molecular weight excluding hydrogens is 429 g/mol. The maximum absolute atomic E-state index is 13.6. The van der Waals surface area contributed by atoms with Gasteiger partial charge in [0.05, 0.1) is 23.0 Å². The maximum atomic E-state index is 13.6. The summed E-state index contributed by atoms with van der Waals surface area (Å²) >= 11 is 0. The third-order valence-corrected chi connectivity index (χ3v) is 6.34. The summed E-state index contributed by atoms with van der Waals surface area (Å²) < 4.78 is 19.3. The van der Waals surface area contributed by atoms with Crippen LogP contribution in [0.15, 0.2) is 93.2 Å².